The number of methoxy groups -OCH3 is 2. The summed E-state index contributed by atoms with van der Waals surface area (Å²) in [6.45, 7) is 14.1. The topological polar surface area (TPSA) is 103 Å². The van der Waals surface area contributed by atoms with E-state index in [1.165, 1.54) is 72.6 Å². The number of piperidine rings is 2. The Hall–Kier alpha value is -2.71. The third-order valence-electron chi connectivity index (χ3n) is 12.4. The molecule has 4 heterocycles. The van der Waals surface area contributed by atoms with Gasteiger partial charge in [-0.25, -0.2) is 0 Å². The third kappa shape index (κ3) is 14.0. The number of likely N-dealkylation sites (tertiary alicyclic amines) is 1. The summed E-state index contributed by atoms with van der Waals surface area (Å²) in [4.78, 5) is 35.4. The second kappa shape index (κ2) is 26.3. The summed E-state index contributed by atoms with van der Waals surface area (Å²) in [5, 5.41) is 5.13. The number of hydrogen-bond acceptors (Lipinski definition) is 9. The van der Waals surface area contributed by atoms with E-state index in [-0.39, 0.29) is 70.2 Å². The summed E-state index contributed by atoms with van der Waals surface area (Å²) < 4.78 is 21.6. The first-order valence-corrected chi connectivity index (χ1v) is 23.6. The van der Waals surface area contributed by atoms with Crippen LogP contribution in [-0.4, -0.2) is 74.9 Å². The number of alkyl halides is 2. The zero-order chi connectivity index (χ0) is 47.3. The Balaban J connectivity index is 0.000000288. The Labute approximate surface area is 454 Å². The molecule has 2 saturated heterocycles. The molecule has 0 spiro atoms. The molecule has 14 heteroatoms. The fourth-order valence-electron chi connectivity index (χ4n) is 8.42. The number of fused-ring (bicyclic) bond motifs is 4. The Morgan fingerprint density at radius 1 is 0.712 bits per heavy atom. The summed E-state index contributed by atoms with van der Waals surface area (Å²) >= 11 is 22.0. The molecule has 4 aliphatic rings. The number of hydrogen-bond donors (Lipinski definition) is 1. The van der Waals surface area contributed by atoms with Crippen LogP contribution in [0.15, 0.2) is 96.1 Å². The van der Waals surface area contributed by atoms with Gasteiger partial charge in [-0.05, 0) is 143 Å². The van der Waals surface area contributed by atoms with Gasteiger partial charge in [-0.1, -0.05) is 82.9 Å². The average Bonchev–Trinajstić information content (AvgIpc) is 3.59. The molecule has 0 saturated carbocycles. The van der Waals surface area contributed by atoms with Crippen molar-refractivity contribution in [3.63, 3.8) is 0 Å². The van der Waals surface area contributed by atoms with Gasteiger partial charge in [0, 0.05) is 40.3 Å². The molecule has 0 bridgehead atoms. The standard InChI is InChI=1S/C26H30ClNO3.C19H18ClNO.C6H10O3.CH2Cl2.K.H/c1-17(26(2,3)25(29)30-4)28-13-11-18(12-14-28)24-21-10-9-20(27)15-19(21)16-31-23-8-6-5-7-22(23)24;20-15-5-6-16-14(11-15)12-22-18-4-2-1-3-17(18)19(16)13-7-9-21-10-8-13;1-6(2,4-7)5(8)9-3;2-1-3;;/h5-10,15,17H,11-14,16H2,1-4H3;1-6,11,21H,7-10,12H2;4H,1-3H3;1H2;;/q;;;;+1;-1. The maximum absolute atomic E-state index is 12.3. The van der Waals surface area contributed by atoms with Gasteiger partial charge < -0.3 is 30.5 Å². The maximum atomic E-state index is 12.3. The van der Waals surface area contributed by atoms with Crippen molar-refractivity contribution >= 4 is 75.8 Å². The average molecular weight is 1010 g/mol. The first-order chi connectivity index (χ1) is 31.1. The van der Waals surface area contributed by atoms with Crippen molar-refractivity contribution in [3.8, 4) is 11.5 Å². The second-order valence-electron chi connectivity index (χ2n) is 17.2. The summed E-state index contributed by atoms with van der Waals surface area (Å²) in [7, 11) is 2.72. The minimum Gasteiger partial charge on any atom is -1.00 e. The van der Waals surface area contributed by atoms with E-state index in [2.05, 4.69) is 64.3 Å². The number of carbonyl (C=O) groups excluding carboxylic acids is 3. The summed E-state index contributed by atoms with van der Waals surface area (Å²) in [5.74, 6) is 1.22. The van der Waals surface area contributed by atoms with Gasteiger partial charge in [0.2, 0.25) is 0 Å². The summed E-state index contributed by atoms with van der Waals surface area (Å²) in [6, 6.07) is 29.0. The normalized spacial score (nSPS) is 15.9. The van der Waals surface area contributed by atoms with Crippen molar-refractivity contribution < 1.29 is 86.1 Å². The van der Waals surface area contributed by atoms with Crippen LogP contribution in [0, 0.1) is 10.8 Å². The summed E-state index contributed by atoms with van der Waals surface area (Å²) in [6.07, 6.45) is 4.65. The molecule has 2 fully saturated rings. The molecule has 350 valence electrons. The predicted molar refractivity (Wildman–Crippen MR) is 264 cm³/mol. The molecular weight excluding hydrogens is 945 g/mol. The van der Waals surface area contributed by atoms with Crippen molar-refractivity contribution in [1.29, 1.82) is 0 Å². The zero-order valence-corrected chi connectivity index (χ0v) is 45.5. The van der Waals surface area contributed by atoms with E-state index in [4.69, 9.17) is 60.6 Å². The van der Waals surface area contributed by atoms with Crippen LogP contribution in [-0.2, 0) is 37.1 Å². The molecule has 8 rings (SSSR count). The Bertz CT molecular complexity index is 2370. The van der Waals surface area contributed by atoms with E-state index in [1.54, 1.807) is 0 Å². The molecule has 0 radical (unpaired) electrons. The van der Waals surface area contributed by atoms with Crippen LogP contribution >= 0.6 is 46.4 Å². The number of nitrogens with one attached hydrogen (secondary N) is 1. The van der Waals surface area contributed by atoms with E-state index in [1.807, 2.05) is 56.3 Å². The smallest absolute Gasteiger partial charge is 1.00 e. The number of rotatable bonds is 5. The van der Waals surface area contributed by atoms with E-state index < -0.39 is 16.8 Å². The van der Waals surface area contributed by atoms with E-state index in [0.717, 1.165) is 84.5 Å². The molecule has 0 aliphatic carbocycles. The molecule has 1 atom stereocenters. The van der Waals surface area contributed by atoms with Crippen LogP contribution in [0.2, 0.25) is 10.0 Å². The Morgan fingerprint density at radius 3 is 1.55 bits per heavy atom. The number of nitrogens with zero attached hydrogens (tertiary/aromatic N) is 1. The monoisotopic (exact) mass is 1000 g/mol. The van der Waals surface area contributed by atoms with Crippen LogP contribution in [0.4, 0.5) is 0 Å². The second-order valence-corrected chi connectivity index (χ2v) is 18.9. The van der Waals surface area contributed by atoms with Crippen LogP contribution in [0.5, 0.6) is 11.5 Å². The van der Waals surface area contributed by atoms with Gasteiger partial charge in [-0.3, -0.25) is 14.5 Å². The van der Waals surface area contributed by atoms with Gasteiger partial charge >= 0.3 is 63.3 Å². The fourth-order valence-corrected chi connectivity index (χ4v) is 8.81. The number of aldehydes is 1. The number of carbonyl (C=O) groups is 3. The molecule has 1 unspecified atom stereocenters. The van der Waals surface area contributed by atoms with Crippen molar-refractivity contribution in [1.82, 2.24) is 10.2 Å². The quantitative estimate of drug-likeness (QED) is 0.0690. The van der Waals surface area contributed by atoms with Crippen molar-refractivity contribution in [3.05, 3.63) is 140 Å². The van der Waals surface area contributed by atoms with Crippen molar-refractivity contribution in [2.75, 3.05) is 45.7 Å². The van der Waals surface area contributed by atoms with E-state index in [0.29, 0.717) is 19.5 Å². The molecule has 0 amide bonds. The van der Waals surface area contributed by atoms with Crippen LogP contribution in [0.25, 0.3) is 11.1 Å². The molecule has 4 aromatic carbocycles. The fraction of sp³-hybridized carbons (Fsp3) is 0.404. The van der Waals surface area contributed by atoms with Gasteiger partial charge in [0.05, 0.1) is 25.0 Å². The first kappa shape index (κ1) is 55.9. The van der Waals surface area contributed by atoms with Gasteiger partial charge in [-0.2, -0.15) is 0 Å². The number of esters is 2. The molecule has 66 heavy (non-hydrogen) atoms. The van der Waals surface area contributed by atoms with Crippen LogP contribution < -0.4 is 66.2 Å². The van der Waals surface area contributed by atoms with Gasteiger partial charge in [-0.15, -0.1) is 23.2 Å². The van der Waals surface area contributed by atoms with Gasteiger partial charge in [0.15, 0.2) is 0 Å². The molecule has 4 aromatic rings. The number of benzene rings is 4. The zero-order valence-electron chi connectivity index (χ0n) is 40.3. The van der Waals surface area contributed by atoms with Crippen LogP contribution in [0.1, 0.15) is 95.1 Å². The molecule has 9 nitrogen and oxygen atoms in total. The number of halogens is 4. The molecular formula is C52H61Cl4KN2O7. The minimum atomic E-state index is -0.991. The molecule has 0 aromatic heterocycles. The Morgan fingerprint density at radius 2 is 1.14 bits per heavy atom. The molecule has 4 aliphatic heterocycles. The summed E-state index contributed by atoms with van der Waals surface area (Å²) in [5.41, 5.74) is 11.2. The maximum Gasteiger partial charge on any atom is 1.00 e. The van der Waals surface area contributed by atoms with E-state index in [9.17, 15) is 14.4 Å². The third-order valence-corrected chi connectivity index (χ3v) is 12.8. The minimum absolute atomic E-state index is 0. The largest absolute Gasteiger partial charge is 1.00 e. The van der Waals surface area contributed by atoms with Crippen molar-refractivity contribution in [2.45, 2.75) is 79.6 Å². The first-order valence-electron chi connectivity index (χ1n) is 21.8. The van der Waals surface area contributed by atoms with Crippen molar-refractivity contribution in [2.24, 2.45) is 10.8 Å². The predicted octanol–water partition coefficient (Wildman–Crippen LogP) is 9.06. The van der Waals surface area contributed by atoms with E-state index >= 15 is 0 Å². The van der Waals surface area contributed by atoms with Gasteiger partial charge in [0.25, 0.3) is 0 Å². The van der Waals surface area contributed by atoms with Gasteiger partial charge in [0.1, 0.15) is 36.4 Å². The SMILES string of the molecule is COC(=O)C(C)(C)C(C)N1CCC(=C2c3ccc(Cl)cc3COc3ccccc32)CC1.COC(=O)C(C)(C)C=O.ClCCl.Clc1ccc2c(c1)COc1ccccc1C2=C1CCNCC1.[H-].[K+]. The Kier molecular flexibility index (Phi) is 22.3. The van der Waals surface area contributed by atoms with Crippen LogP contribution in [0.3, 0.4) is 0 Å². The number of ether oxygens (including phenoxy) is 4. The molecule has 1 N–H and O–H groups in total. The number of para-hydroxylation sites is 2.